The van der Waals surface area contributed by atoms with Crippen LogP contribution in [0.15, 0.2) is 51.8 Å². The molecule has 37 heavy (non-hydrogen) atoms. The summed E-state index contributed by atoms with van der Waals surface area (Å²) in [6, 6.07) is 13.6. The van der Waals surface area contributed by atoms with Crippen LogP contribution in [0.1, 0.15) is 23.0 Å². The van der Waals surface area contributed by atoms with Crippen LogP contribution in [0.2, 0.25) is 0 Å². The summed E-state index contributed by atoms with van der Waals surface area (Å²) in [6.07, 6.45) is -0.940. The molecule has 3 aromatic rings. The summed E-state index contributed by atoms with van der Waals surface area (Å²) in [5.74, 6) is 0.601. The van der Waals surface area contributed by atoms with Crippen molar-refractivity contribution in [3.05, 3.63) is 58.2 Å². The second-order valence-corrected chi connectivity index (χ2v) is 10.6. The number of aryl methyl sites for hydroxylation is 1. The number of quaternary nitrogens is 1. The van der Waals surface area contributed by atoms with Crippen LogP contribution in [0.3, 0.4) is 0 Å². The van der Waals surface area contributed by atoms with Crippen LogP contribution >= 0.6 is 27.7 Å². The molecule has 6 N–H and O–H groups in total. The minimum Gasteiger partial charge on any atom is -0.489 e. The molecular weight excluding hydrogens is 564 g/mol. The molecule has 1 aromatic heterocycles. The number of esters is 1. The Labute approximate surface area is 228 Å². The molecule has 0 aliphatic heterocycles. The molecule has 0 saturated carbocycles. The Kier molecular flexibility index (Phi) is 10.8. The van der Waals surface area contributed by atoms with Gasteiger partial charge in [-0.05, 0) is 47.1 Å². The van der Waals surface area contributed by atoms with E-state index in [1.165, 1.54) is 5.32 Å². The van der Waals surface area contributed by atoms with E-state index in [4.69, 9.17) is 9.47 Å². The molecule has 1 atom stereocenters. The number of aliphatic hydroxyl groups excluding tert-OH is 4. The molecule has 0 aliphatic rings. The van der Waals surface area contributed by atoms with Gasteiger partial charge in [-0.1, -0.05) is 18.2 Å². The Morgan fingerprint density at radius 3 is 2.46 bits per heavy atom. The normalized spacial score (nSPS) is 12.6. The topological polar surface area (TPSA) is 138 Å². The maximum absolute atomic E-state index is 13.0. The minimum absolute atomic E-state index is 0.0722. The van der Waals surface area contributed by atoms with Crippen molar-refractivity contribution < 1.29 is 40.0 Å². The predicted molar refractivity (Wildman–Crippen MR) is 145 cm³/mol. The summed E-state index contributed by atoms with van der Waals surface area (Å²) >= 11 is 5.16. The van der Waals surface area contributed by atoms with Crippen molar-refractivity contribution in [2.24, 2.45) is 7.05 Å². The Morgan fingerprint density at radius 2 is 1.84 bits per heavy atom. The van der Waals surface area contributed by atoms with Crippen LogP contribution in [0.4, 0.5) is 0 Å². The van der Waals surface area contributed by atoms with Gasteiger partial charge >= 0.3 is 5.97 Å². The molecule has 9 nitrogen and oxygen atoms in total. The van der Waals surface area contributed by atoms with Crippen LogP contribution < -0.4 is 10.1 Å². The van der Waals surface area contributed by atoms with Crippen molar-refractivity contribution in [1.82, 2.24) is 4.57 Å². The molecule has 0 aliphatic carbocycles. The first-order valence-electron chi connectivity index (χ1n) is 11.9. The van der Waals surface area contributed by atoms with Crippen LogP contribution in [-0.2, 0) is 17.5 Å². The third-order valence-corrected chi connectivity index (χ3v) is 7.81. The maximum atomic E-state index is 13.0. The van der Waals surface area contributed by atoms with Gasteiger partial charge < -0.3 is 39.8 Å². The second-order valence-electron chi connectivity index (χ2n) is 8.74. The van der Waals surface area contributed by atoms with E-state index in [2.05, 4.69) is 15.9 Å². The fourth-order valence-electron chi connectivity index (χ4n) is 3.85. The Hall–Kier alpha value is -2.12. The molecule has 0 bridgehead atoms. The van der Waals surface area contributed by atoms with E-state index in [9.17, 15) is 25.2 Å². The van der Waals surface area contributed by atoms with Gasteiger partial charge in [-0.15, -0.1) is 11.8 Å². The highest BCUT2D eigenvalue weighted by Gasteiger charge is 2.32. The molecule has 11 heteroatoms. The van der Waals surface area contributed by atoms with Crippen molar-refractivity contribution in [1.29, 1.82) is 0 Å². The molecule has 0 unspecified atom stereocenters. The molecule has 1 heterocycles. The van der Waals surface area contributed by atoms with E-state index in [0.29, 0.717) is 26.9 Å². The van der Waals surface area contributed by atoms with Gasteiger partial charge in [0.25, 0.3) is 0 Å². The number of thioether (sulfide) groups is 1. The predicted octanol–water partition coefficient (Wildman–Crippen LogP) is 1.43. The van der Waals surface area contributed by atoms with E-state index < -0.39 is 37.4 Å². The zero-order valence-electron chi connectivity index (χ0n) is 20.9. The molecule has 0 amide bonds. The smallest absolute Gasteiger partial charge is 0.340 e. The first-order valence-corrected chi connectivity index (χ1v) is 13.7. The van der Waals surface area contributed by atoms with Gasteiger partial charge in [-0.3, -0.25) is 0 Å². The van der Waals surface area contributed by atoms with E-state index in [-0.39, 0.29) is 19.8 Å². The number of ether oxygens (including phenoxy) is 2. The lowest BCUT2D eigenvalue weighted by atomic mass is 10.0. The zero-order chi connectivity index (χ0) is 27.0. The number of fused-ring (bicyclic) bond motifs is 1. The summed E-state index contributed by atoms with van der Waals surface area (Å²) in [6.45, 7) is 0.727. The average Bonchev–Trinajstić information content (AvgIpc) is 3.18. The van der Waals surface area contributed by atoms with Crippen molar-refractivity contribution in [3.8, 4) is 5.75 Å². The second kappa shape index (κ2) is 13.6. The number of nitrogens with zero attached hydrogens (tertiary/aromatic N) is 1. The first-order chi connectivity index (χ1) is 17.8. The minimum atomic E-state index is -1.17. The lowest BCUT2D eigenvalue weighted by Gasteiger charge is -2.26. The number of benzene rings is 2. The van der Waals surface area contributed by atoms with Crippen LogP contribution in [0.25, 0.3) is 10.9 Å². The maximum Gasteiger partial charge on any atom is 0.340 e. The molecule has 0 spiro atoms. The summed E-state index contributed by atoms with van der Waals surface area (Å²) in [4.78, 5) is 14.1. The molecule has 0 fully saturated rings. The summed E-state index contributed by atoms with van der Waals surface area (Å²) in [5, 5.41) is 41.0. The number of aromatic nitrogens is 1. The molecule has 3 rings (SSSR count). The fraction of sp³-hybridized carbons (Fsp3) is 0.423. The van der Waals surface area contributed by atoms with Gasteiger partial charge in [0.15, 0.2) is 5.54 Å². The summed E-state index contributed by atoms with van der Waals surface area (Å²) in [7, 11) is 1.91. The third-order valence-electron chi connectivity index (χ3n) is 6.17. The number of nitrogens with two attached hydrogens (primary N) is 1. The number of carbonyl (C=O) groups excluding carboxylic acids is 1. The van der Waals surface area contributed by atoms with E-state index in [1.54, 1.807) is 24.8 Å². The average molecular weight is 599 g/mol. The lowest BCUT2D eigenvalue weighted by molar-refractivity contribution is -0.737. The van der Waals surface area contributed by atoms with Crippen molar-refractivity contribution in [3.63, 3.8) is 0 Å². The van der Waals surface area contributed by atoms with Gasteiger partial charge in [-0.2, -0.15) is 0 Å². The number of carbonyl (C=O) groups is 1. The standard InChI is InChI=1S/C26H33BrN2O7S/c1-3-35-25(34)24-19-9-23(36-12-17(33)11-28-26(14-30,15-31)16-32)20(27)10-21(19)29(2)22(24)13-37-18-7-5-4-6-8-18/h4-10,17,28,30-33H,3,11-16H2,1-2H3/p+1/t17-/m0/s1. The number of aliphatic hydroxyl groups is 4. The number of halogens is 1. The Bertz CT molecular complexity index is 1180. The highest BCUT2D eigenvalue weighted by Crippen LogP contribution is 2.37. The van der Waals surface area contributed by atoms with Crippen LogP contribution in [0, 0.1) is 0 Å². The molecule has 202 valence electrons. The number of rotatable bonds is 14. The first kappa shape index (κ1) is 29.4. The van der Waals surface area contributed by atoms with Crippen LogP contribution in [-0.4, -0.2) is 82.2 Å². The van der Waals surface area contributed by atoms with Gasteiger partial charge in [0, 0.05) is 28.8 Å². The monoisotopic (exact) mass is 597 g/mol. The van der Waals surface area contributed by atoms with Gasteiger partial charge in [0.05, 0.1) is 22.2 Å². The SMILES string of the molecule is CCOC(=O)c1c(CSc2ccccc2)n(C)c2cc(Br)c(OC[C@@H](O)C[NH2+]C(CO)(CO)CO)cc12. The number of hydrogen-bond donors (Lipinski definition) is 5. The van der Waals surface area contributed by atoms with E-state index in [1.807, 2.05) is 48.0 Å². The quantitative estimate of drug-likeness (QED) is 0.139. The van der Waals surface area contributed by atoms with Crippen molar-refractivity contribution in [2.75, 3.05) is 39.6 Å². The van der Waals surface area contributed by atoms with Gasteiger partial charge in [0.2, 0.25) is 0 Å². The van der Waals surface area contributed by atoms with Gasteiger partial charge in [0.1, 0.15) is 44.8 Å². The molecular formula is C26H34BrN2O7S+. The van der Waals surface area contributed by atoms with Crippen molar-refractivity contribution >= 4 is 44.6 Å². The van der Waals surface area contributed by atoms with Crippen LogP contribution in [0.5, 0.6) is 5.75 Å². The Balaban J connectivity index is 1.85. The fourth-order valence-corrected chi connectivity index (χ4v) is 5.29. The van der Waals surface area contributed by atoms with Gasteiger partial charge in [-0.25, -0.2) is 4.79 Å². The van der Waals surface area contributed by atoms with E-state index >= 15 is 0 Å². The highest BCUT2D eigenvalue weighted by atomic mass is 79.9. The summed E-state index contributed by atoms with van der Waals surface area (Å²) in [5.41, 5.74) is 0.966. The summed E-state index contributed by atoms with van der Waals surface area (Å²) < 4.78 is 13.9. The number of hydrogen-bond acceptors (Lipinski definition) is 8. The zero-order valence-corrected chi connectivity index (χ0v) is 23.3. The lowest BCUT2D eigenvalue weighted by Crippen LogP contribution is -3.01. The van der Waals surface area contributed by atoms with Crippen molar-refractivity contribution in [2.45, 2.75) is 29.2 Å². The molecule has 0 saturated heterocycles. The molecule has 0 radical (unpaired) electrons. The third kappa shape index (κ3) is 7.05. The highest BCUT2D eigenvalue weighted by molar-refractivity contribution is 9.10. The Morgan fingerprint density at radius 1 is 1.16 bits per heavy atom. The molecule has 2 aromatic carbocycles. The van der Waals surface area contributed by atoms with E-state index in [0.717, 1.165) is 16.1 Å². The largest absolute Gasteiger partial charge is 0.489 e.